The topological polar surface area (TPSA) is 51.0 Å². The zero-order valence-corrected chi connectivity index (χ0v) is 9.19. The highest BCUT2D eigenvalue weighted by atomic mass is 19.1. The van der Waals surface area contributed by atoms with Crippen LogP contribution in [0.25, 0.3) is 11.5 Å². The summed E-state index contributed by atoms with van der Waals surface area (Å²) in [7, 11) is 0. The van der Waals surface area contributed by atoms with Crippen molar-refractivity contribution in [3.05, 3.63) is 36.0 Å². The van der Waals surface area contributed by atoms with E-state index in [2.05, 4.69) is 15.5 Å². The van der Waals surface area contributed by atoms with Crippen molar-refractivity contribution in [2.45, 2.75) is 12.3 Å². The summed E-state index contributed by atoms with van der Waals surface area (Å²) in [5.74, 6) is 1.14. The van der Waals surface area contributed by atoms with E-state index in [1.165, 1.54) is 12.1 Å². The average molecular weight is 233 g/mol. The Bertz CT molecular complexity index is 503. The number of hydrogen-bond acceptors (Lipinski definition) is 4. The maximum Gasteiger partial charge on any atom is 0.247 e. The molecule has 0 radical (unpaired) electrons. The van der Waals surface area contributed by atoms with Gasteiger partial charge in [0.05, 0.1) is 5.92 Å². The molecule has 1 fully saturated rings. The first-order valence-electron chi connectivity index (χ1n) is 5.63. The minimum absolute atomic E-state index is 0.270. The normalized spacial score (nSPS) is 19.7. The summed E-state index contributed by atoms with van der Waals surface area (Å²) in [5, 5.41) is 11.3. The maximum atomic E-state index is 12.8. The lowest BCUT2D eigenvalue weighted by atomic mass is 10.1. The molecule has 0 saturated carbocycles. The van der Waals surface area contributed by atoms with Crippen LogP contribution in [0.5, 0.6) is 0 Å². The minimum Gasteiger partial charge on any atom is -0.420 e. The summed E-state index contributed by atoms with van der Waals surface area (Å²) >= 11 is 0. The largest absolute Gasteiger partial charge is 0.420 e. The van der Waals surface area contributed by atoms with Crippen molar-refractivity contribution in [2.75, 3.05) is 13.1 Å². The summed E-state index contributed by atoms with van der Waals surface area (Å²) in [5.41, 5.74) is 0.746. The second-order valence-electron chi connectivity index (χ2n) is 4.14. The van der Waals surface area contributed by atoms with Crippen LogP contribution in [0.2, 0.25) is 0 Å². The van der Waals surface area contributed by atoms with E-state index in [1.54, 1.807) is 12.1 Å². The first-order chi connectivity index (χ1) is 8.33. The predicted molar refractivity (Wildman–Crippen MR) is 59.9 cm³/mol. The molecule has 1 aliphatic heterocycles. The quantitative estimate of drug-likeness (QED) is 0.861. The molecule has 1 aliphatic rings. The molecule has 0 aliphatic carbocycles. The lowest BCUT2D eigenvalue weighted by molar-refractivity contribution is 0.467. The number of hydrogen-bond donors (Lipinski definition) is 1. The van der Waals surface area contributed by atoms with E-state index in [-0.39, 0.29) is 5.82 Å². The van der Waals surface area contributed by atoms with Crippen LogP contribution in [0, 0.1) is 5.82 Å². The van der Waals surface area contributed by atoms with Gasteiger partial charge in [0, 0.05) is 12.1 Å². The Morgan fingerprint density at radius 2 is 2.06 bits per heavy atom. The second-order valence-corrected chi connectivity index (χ2v) is 4.14. The highest BCUT2D eigenvalue weighted by Crippen LogP contribution is 2.25. The molecule has 1 N–H and O–H groups in total. The number of halogens is 1. The van der Waals surface area contributed by atoms with Gasteiger partial charge in [-0.15, -0.1) is 10.2 Å². The van der Waals surface area contributed by atoms with Crippen molar-refractivity contribution >= 4 is 0 Å². The highest BCUT2D eigenvalue weighted by Gasteiger charge is 2.22. The van der Waals surface area contributed by atoms with E-state index in [9.17, 15) is 4.39 Å². The summed E-state index contributed by atoms with van der Waals surface area (Å²) < 4.78 is 18.4. The van der Waals surface area contributed by atoms with Gasteiger partial charge in [0.1, 0.15) is 5.82 Å². The van der Waals surface area contributed by atoms with Crippen molar-refractivity contribution < 1.29 is 8.81 Å². The van der Waals surface area contributed by atoms with Gasteiger partial charge in [0.2, 0.25) is 11.8 Å². The molecule has 5 heteroatoms. The Morgan fingerprint density at radius 3 is 2.76 bits per heavy atom. The van der Waals surface area contributed by atoms with E-state index < -0.39 is 0 Å². The van der Waals surface area contributed by atoms with Gasteiger partial charge in [0.15, 0.2) is 0 Å². The van der Waals surface area contributed by atoms with Gasteiger partial charge in [-0.25, -0.2) is 4.39 Å². The van der Waals surface area contributed by atoms with Crippen molar-refractivity contribution in [3.63, 3.8) is 0 Å². The van der Waals surface area contributed by atoms with Crippen LogP contribution < -0.4 is 5.32 Å². The molecular weight excluding hydrogens is 221 g/mol. The van der Waals surface area contributed by atoms with Crippen molar-refractivity contribution in [1.82, 2.24) is 15.5 Å². The third kappa shape index (κ3) is 2.06. The molecule has 4 nitrogen and oxygen atoms in total. The summed E-state index contributed by atoms with van der Waals surface area (Å²) in [6.45, 7) is 1.87. The van der Waals surface area contributed by atoms with Crippen molar-refractivity contribution in [3.8, 4) is 11.5 Å². The number of nitrogens with zero attached hydrogens (tertiary/aromatic N) is 2. The summed E-state index contributed by atoms with van der Waals surface area (Å²) in [6, 6.07) is 6.05. The molecule has 3 rings (SSSR count). The zero-order valence-electron chi connectivity index (χ0n) is 9.19. The van der Waals surface area contributed by atoms with Crippen molar-refractivity contribution in [2.24, 2.45) is 0 Å². The SMILES string of the molecule is Fc1ccc(-c2nnc(C3CCNC3)o2)cc1. The molecule has 1 atom stereocenters. The monoisotopic (exact) mass is 233 g/mol. The molecule has 0 bridgehead atoms. The number of aromatic nitrogens is 2. The van der Waals surface area contributed by atoms with Crippen LogP contribution in [-0.2, 0) is 0 Å². The van der Waals surface area contributed by atoms with E-state index in [0.29, 0.717) is 17.7 Å². The van der Waals surface area contributed by atoms with Gasteiger partial charge in [-0.2, -0.15) is 0 Å². The lowest BCUT2D eigenvalue weighted by Crippen LogP contribution is -2.08. The number of nitrogens with one attached hydrogen (secondary N) is 1. The molecule has 1 aromatic heterocycles. The molecule has 1 aromatic carbocycles. The van der Waals surface area contributed by atoms with E-state index in [0.717, 1.165) is 25.1 Å². The van der Waals surface area contributed by atoms with Crippen LogP contribution in [-0.4, -0.2) is 23.3 Å². The smallest absolute Gasteiger partial charge is 0.247 e. The molecule has 2 heterocycles. The molecular formula is C12H12FN3O. The average Bonchev–Trinajstić information content (AvgIpc) is 3.00. The molecule has 88 valence electrons. The lowest BCUT2D eigenvalue weighted by Gasteiger charge is -1.99. The fourth-order valence-corrected chi connectivity index (χ4v) is 1.97. The van der Waals surface area contributed by atoms with Crippen LogP contribution in [0.4, 0.5) is 4.39 Å². The standard InChI is InChI=1S/C12H12FN3O/c13-10-3-1-8(2-4-10)11-15-16-12(17-11)9-5-6-14-7-9/h1-4,9,14H,5-7H2. The van der Waals surface area contributed by atoms with E-state index in [1.807, 2.05) is 0 Å². The highest BCUT2D eigenvalue weighted by molar-refractivity contribution is 5.52. The molecule has 0 spiro atoms. The number of benzene rings is 1. The third-order valence-electron chi connectivity index (χ3n) is 2.94. The Balaban J connectivity index is 1.86. The summed E-state index contributed by atoms with van der Waals surface area (Å²) in [4.78, 5) is 0. The Hall–Kier alpha value is -1.75. The fourth-order valence-electron chi connectivity index (χ4n) is 1.97. The van der Waals surface area contributed by atoms with Crippen LogP contribution >= 0.6 is 0 Å². The fraction of sp³-hybridized carbons (Fsp3) is 0.333. The Labute approximate surface area is 97.9 Å². The molecule has 1 unspecified atom stereocenters. The molecule has 17 heavy (non-hydrogen) atoms. The van der Waals surface area contributed by atoms with Gasteiger partial charge in [-0.05, 0) is 37.2 Å². The minimum atomic E-state index is -0.270. The van der Waals surface area contributed by atoms with Crippen LogP contribution in [0.3, 0.4) is 0 Å². The second kappa shape index (κ2) is 4.25. The van der Waals surface area contributed by atoms with E-state index >= 15 is 0 Å². The Kier molecular flexibility index (Phi) is 2.60. The van der Waals surface area contributed by atoms with Crippen LogP contribution in [0.1, 0.15) is 18.2 Å². The number of rotatable bonds is 2. The van der Waals surface area contributed by atoms with Crippen molar-refractivity contribution in [1.29, 1.82) is 0 Å². The van der Waals surface area contributed by atoms with Gasteiger partial charge in [-0.1, -0.05) is 0 Å². The summed E-state index contributed by atoms with van der Waals surface area (Å²) in [6.07, 6.45) is 1.02. The van der Waals surface area contributed by atoms with Gasteiger partial charge in [-0.3, -0.25) is 0 Å². The molecule has 1 saturated heterocycles. The first-order valence-corrected chi connectivity index (χ1v) is 5.63. The van der Waals surface area contributed by atoms with E-state index in [4.69, 9.17) is 4.42 Å². The van der Waals surface area contributed by atoms with Gasteiger partial charge < -0.3 is 9.73 Å². The van der Waals surface area contributed by atoms with Gasteiger partial charge >= 0.3 is 0 Å². The zero-order chi connectivity index (χ0) is 11.7. The third-order valence-corrected chi connectivity index (χ3v) is 2.94. The molecule has 0 amide bonds. The van der Waals surface area contributed by atoms with Crippen LogP contribution in [0.15, 0.2) is 28.7 Å². The predicted octanol–water partition coefficient (Wildman–Crippen LogP) is 1.95. The maximum absolute atomic E-state index is 12.8. The van der Waals surface area contributed by atoms with Gasteiger partial charge in [0.25, 0.3) is 0 Å². The Morgan fingerprint density at radius 1 is 1.24 bits per heavy atom. The molecule has 2 aromatic rings. The first kappa shape index (κ1) is 10.4.